The van der Waals surface area contributed by atoms with Gasteiger partial charge in [-0.05, 0) is 43.9 Å². The number of carbonyl (C=O) groups is 1. The van der Waals surface area contributed by atoms with Gasteiger partial charge in [0.25, 0.3) is 5.69 Å². The first-order valence-corrected chi connectivity index (χ1v) is 11.4. The lowest BCUT2D eigenvalue weighted by Crippen LogP contribution is -2.42. The van der Waals surface area contributed by atoms with Crippen LogP contribution >= 0.6 is 0 Å². The topological polar surface area (TPSA) is 110 Å². The quantitative estimate of drug-likeness (QED) is 0.506. The summed E-state index contributed by atoms with van der Waals surface area (Å²) in [6, 6.07) is 9.61. The van der Waals surface area contributed by atoms with E-state index in [-0.39, 0.29) is 17.4 Å². The number of nitro benzene ring substituents is 1. The number of nitrogens with one attached hydrogen (secondary N) is 1. The molecule has 1 atom stereocenters. The molecule has 2 rings (SSSR count). The van der Waals surface area contributed by atoms with E-state index in [1.165, 1.54) is 18.2 Å². The number of carbonyl (C=O) groups excluding carboxylic acids is 1. The highest BCUT2D eigenvalue weighted by atomic mass is 32.2. The number of amides is 1. The molecule has 0 saturated carbocycles. The lowest BCUT2D eigenvalue weighted by Gasteiger charge is -2.25. The van der Waals surface area contributed by atoms with E-state index in [0.717, 1.165) is 27.3 Å². The summed E-state index contributed by atoms with van der Waals surface area (Å²) < 4.78 is 25.7. The average molecular weight is 434 g/mol. The highest BCUT2D eigenvalue weighted by Crippen LogP contribution is 2.28. The molecule has 0 spiro atoms. The third kappa shape index (κ3) is 5.56. The van der Waals surface area contributed by atoms with Crippen LogP contribution in [0, 0.1) is 30.9 Å². The van der Waals surface area contributed by atoms with Crippen molar-refractivity contribution >= 4 is 27.3 Å². The van der Waals surface area contributed by atoms with E-state index in [0.29, 0.717) is 12.0 Å². The summed E-state index contributed by atoms with van der Waals surface area (Å²) in [4.78, 5) is 23.3. The van der Waals surface area contributed by atoms with Gasteiger partial charge in [-0.15, -0.1) is 0 Å². The summed E-state index contributed by atoms with van der Waals surface area (Å²) in [6.07, 6.45) is 1.60. The van der Waals surface area contributed by atoms with Crippen LogP contribution in [-0.4, -0.2) is 32.0 Å². The molecule has 0 bridgehead atoms. The average Bonchev–Trinajstić information content (AvgIpc) is 2.64. The van der Waals surface area contributed by atoms with E-state index in [9.17, 15) is 23.3 Å². The molecule has 0 aliphatic heterocycles. The monoisotopic (exact) mass is 433 g/mol. The second-order valence-corrected chi connectivity index (χ2v) is 9.29. The lowest BCUT2D eigenvalue weighted by atomic mass is 9.97. The number of nitrogens with zero attached hydrogens (tertiary/aromatic N) is 2. The van der Waals surface area contributed by atoms with Crippen LogP contribution < -0.4 is 9.62 Å². The standard InChI is InChI=1S/C21H27N3O5S/c1-6-19(18-10-7-14(2)11-16(18)4)22-21(25)13-23(30(5,28)29)20-12-17(24(26)27)9-8-15(20)3/h7-12,19H,6,13H2,1-5H3,(H,22,25). The van der Waals surface area contributed by atoms with Crippen LogP contribution in [-0.2, 0) is 14.8 Å². The highest BCUT2D eigenvalue weighted by Gasteiger charge is 2.25. The fourth-order valence-corrected chi connectivity index (χ4v) is 4.25. The number of rotatable bonds is 8. The van der Waals surface area contributed by atoms with Gasteiger partial charge in [0.15, 0.2) is 0 Å². The first-order valence-electron chi connectivity index (χ1n) is 9.53. The van der Waals surface area contributed by atoms with Gasteiger partial charge < -0.3 is 5.32 Å². The molecule has 0 aliphatic carbocycles. The molecule has 1 amide bonds. The minimum Gasteiger partial charge on any atom is -0.348 e. The summed E-state index contributed by atoms with van der Waals surface area (Å²) in [7, 11) is -3.85. The third-order valence-electron chi connectivity index (χ3n) is 4.90. The number of aryl methyl sites for hydroxylation is 3. The third-order valence-corrected chi connectivity index (χ3v) is 6.03. The van der Waals surface area contributed by atoms with Crippen molar-refractivity contribution in [3.05, 3.63) is 68.8 Å². The van der Waals surface area contributed by atoms with Crippen LogP contribution in [0.15, 0.2) is 36.4 Å². The maximum Gasteiger partial charge on any atom is 0.271 e. The summed E-state index contributed by atoms with van der Waals surface area (Å²) in [5.74, 6) is -0.488. The smallest absolute Gasteiger partial charge is 0.271 e. The Morgan fingerprint density at radius 1 is 1.13 bits per heavy atom. The molecule has 0 fully saturated rings. The second-order valence-electron chi connectivity index (χ2n) is 7.39. The molecule has 8 nitrogen and oxygen atoms in total. The van der Waals surface area contributed by atoms with Gasteiger partial charge in [0, 0.05) is 12.1 Å². The Kier molecular flexibility index (Phi) is 7.20. The molecule has 0 radical (unpaired) electrons. The van der Waals surface area contributed by atoms with Crippen molar-refractivity contribution in [1.82, 2.24) is 5.32 Å². The zero-order valence-electron chi connectivity index (χ0n) is 17.8. The first-order chi connectivity index (χ1) is 13.9. The predicted molar refractivity (Wildman–Crippen MR) is 117 cm³/mol. The highest BCUT2D eigenvalue weighted by molar-refractivity contribution is 7.92. The van der Waals surface area contributed by atoms with Crippen molar-refractivity contribution in [2.24, 2.45) is 0 Å². The number of anilines is 1. The largest absolute Gasteiger partial charge is 0.348 e. The Hall–Kier alpha value is -2.94. The Bertz CT molecular complexity index is 1070. The fraction of sp³-hybridized carbons (Fsp3) is 0.381. The number of benzene rings is 2. The van der Waals surface area contributed by atoms with Gasteiger partial charge >= 0.3 is 0 Å². The van der Waals surface area contributed by atoms with Gasteiger partial charge in [0.1, 0.15) is 6.54 Å². The zero-order valence-corrected chi connectivity index (χ0v) is 18.6. The number of non-ortho nitro benzene ring substituents is 1. The molecule has 2 aromatic rings. The van der Waals surface area contributed by atoms with Gasteiger partial charge in [0.05, 0.1) is 22.9 Å². The summed E-state index contributed by atoms with van der Waals surface area (Å²) in [6.45, 7) is 7.05. The molecule has 2 aromatic carbocycles. The molecular weight excluding hydrogens is 406 g/mol. The van der Waals surface area contributed by atoms with Crippen molar-refractivity contribution < 1.29 is 18.1 Å². The molecule has 162 valence electrons. The molecule has 0 heterocycles. The van der Waals surface area contributed by atoms with Crippen LogP contribution in [0.1, 0.15) is 41.6 Å². The maximum atomic E-state index is 12.8. The molecule has 30 heavy (non-hydrogen) atoms. The van der Waals surface area contributed by atoms with E-state index in [1.54, 1.807) is 6.92 Å². The molecule has 1 N–H and O–H groups in total. The van der Waals surface area contributed by atoms with Gasteiger partial charge in [-0.1, -0.05) is 36.8 Å². The molecule has 0 aromatic heterocycles. The summed E-state index contributed by atoms with van der Waals surface area (Å²) in [5.41, 5.74) is 3.50. The molecule has 0 saturated heterocycles. The van der Waals surface area contributed by atoms with E-state index >= 15 is 0 Å². The Morgan fingerprint density at radius 3 is 2.33 bits per heavy atom. The van der Waals surface area contributed by atoms with Crippen LogP contribution in [0.3, 0.4) is 0 Å². The lowest BCUT2D eigenvalue weighted by molar-refractivity contribution is -0.384. The van der Waals surface area contributed by atoms with Crippen molar-refractivity contribution in [2.75, 3.05) is 17.1 Å². The van der Waals surface area contributed by atoms with Gasteiger partial charge in [-0.25, -0.2) is 8.42 Å². The maximum absolute atomic E-state index is 12.8. The van der Waals surface area contributed by atoms with Crippen LogP contribution in [0.2, 0.25) is 0 Å². The molecule has 1 unspecified atom stereocenters. The van der Waals surface area contributed by atoms with Gasteiger partial charge in [-0.2, -0.15) is 0 Å². The number of hydrogen-bond acceptors (Lipinski definition) is 5. The Morgan fingerprint density at radius 2 is 1.80 bits per heavy atom. The second kappa shape index (κ2) is 9.25. The van der Waals surface area contributed by atoms with Crippen molar-refractivity contribution in [3.63, 3.8) is 0 Å². The Balaban J connectivity index is 2.32. The number of sulfonamides is 1. The minimum absolute atomic E-state index is 0.112. The van der Waals surface area contributed by atoms with Crippen molar-refractivity contribution in [3.8, 4) is 0 Å². The van der Waals surface area contributed by atoms with Crippen molar-refractivity contribution in [2.45, 2.75) is 40.2 Å². The molecule has 0 aliphatic rings. The molecule has 9 heteroatoms. The summed E-state index contributed by atoms with van der Waals surface area (Å²) in [5, 5.41) is 14.0. The Labute approximate surface area is 177 Å². The normalized spacial score (nSPS) is 12.3. The van der Waals surface area contributed by atoms with Crippen molar-refractivity contribution in [1.29, 1.82) is 0 Å². The summed E-state index contributed by atoms with van der Waals surface area (Å²) >= 11 is 0. The van der Waals surface area contributed by atoms with E-state index in [4.69, 9.17) is 0 Å². The van der Waals surface area contributed by atoms with Gasteiger partial charge in [0.2, 0.25) is 15.9 Å². The fourth-order valence-electron chi connectivity index (χ4n) is 3.35. The number of nitro groups is 1. The predicted octanol–water partition coefficient (Wildman–Crippen LogP) is 3.55. The van der Waals surface area contributed by atoms with Crippen LogP contribution in [0.4, 0.5) is 11.4 Å². The zero-order chi connectivity index (χ0) is 22.6. The first kappa shape index (κ1) is 23.3. The SMILES string of the molecule is CCC(NC(=O)CN(c1cc([N+](=O)[O-])ccc1C)S(C)(=O)=O)c1ccc(C)cc1C. The van der Waals surface area contributed by atoms with Crippen LogP contribution in [0.5, 0.6) is 0 Å². The van der Waals surface area contributed by atoms with Gasteiger partial charge in [-0.3, -0.25) is 19.2 Å². The van der Waals surface area contributed by atoms with E-state index < -0.39 is 27.4 Å². The minimum atomic E-state index is -3.85. The number of hydrogen-bond donors (Lipinski definition) is 1. The molecular formula is C21H27N3O5S. The van der Waals surface area contributed by atoms with E-state index in [1.807, 2.05) is 39.0 Å². The van der Waals surface area contributed by atoms with E-state index in [2.05, 4.69) is 5.32 Å². The van der Waals surface area contributed by atoms with Crippen LogP contribution in [0.25, 0.3) is 0 Å².